The molecule has 0 bridgehead atoms. The number of amides is 1. The summed E-state index contributed by atoms with van der Waals surface area (Å²) in [6.07, 6.45) is 6.17. The molecule has 1 aromatic carbocycles. The Balaban J connectivity index is 1.86. The molecule has 0 radical (unpaired) electrons. The molecule has 1 saturated carbocycles. The number of hydrogen-bond acceptors (Lipinski definition) is 2. The highest BCUT2D eigenvalue weighted by molar-refractivity contribution is 6.52. The summed E-state index contributed by atoms with van der Waals surface area (Å²) in [6, 6.07) is 5.71. The Hall–Kier alpha value is -1.64. The zero-order chi connectivity index (χ0) is 13.4. The fourth-order valence-corrected chi connectivity index (χ4v) is 3.22. The molecule has 1 aromatic rings. The van der Waals surface area contributed by atoms with Crippen molar-refractivity contribution in [2.75, 3.05) is 11.4 Å². The van der Waals surface area contributed by atoms with Crippen LogP contribution in [0, 0.1) is 12.8 Å². The van der Waals surface area contributed by atoms with Crippen LogP contribution in [0.4, 0.5) is 5.69 Å². The topological polar surface area (TPSA) is 37.4 Å². The van der Waals surface area contributed by atoms with Crippen molar-refractivity contribution in [1.29, 1.82) is 0 Å². The molecule has 3 nitrogen and oxygen atoms in total. The van der Waals surface area contributed by atoms with Crippen LogP contribution in [0.2, 0.25) is 0 Å². The Morgan fingerprint density at radius 1 is 1.16 bits per heavy atom. The number of nitrogens with zero attached hydrogens (tertiary/aromatic N) is 1. The highest BCUT2D eigenvalue weighted by atomic mass is 16.2. The molecule has 1 aliphatic carbocycles. The third-order valence-corrected chi connectivity index (χ3v) is 4.29. The minimum absolute atomic E-state index is 0.338. The fraction of sp³-hybridized carbons (Fsp3) is 0.500. The first-order chi connectivity index (χ1) is 9.16. The molecule has 1 fully saturated rings. The van der Waals surface area contributed by atoms with E-state index in [-0.39, 0.29) is 11.7 Å². The van der Waals surface area contributed by atoms with E-state index in [0.717, 1.165) is 11.3 Å². The largest absolute Gasteiger partial charge is 0.304 e. The average molecular weight is 257 g/mol. The quantitative estimate of drug-likeness (QED) is 0.763. The van der Waals surface area contributed by atoms with Gasteiger partial charge in [-0.25, -0.2) is 0 Å². The SMILES string of the molecule is Cc1ccc2c(c1)C(=O)C(=O)N2CC1CCCCC1. The molecule has 0 saturated heterocycles. The number of ketones is 1. The van der Waals surface area contributed by atoms with Crippen LogP contribution < -0.4 is 4.90 Å². The molecule has 1 aliphatic heterocycles. The van der Waals surface area contributed by atoms with Crippen LogP contribution in [0.15, 0.2) is 18.2 Å². The van der Waals surface area contributed by atoms with Crippen molar-refractivity contribution in [3.63, 3.8) is 0 Å². The van der Waals surface area contributed by atoms with Gasteiger partial charge in [-0.3, -0.25) is 9.59 Å². The number of rotatable bonds is 2. The Morgan fingerprint density at radius 3 is 2.63 bits per heavy atom. The van der Waals surface area contributed by atoms with Gasteiger partial charge in [-0.05, 0) is 37.8 Å². The maximum atomic E-state index is 12.1. The van der Waals surface area contributed by atoms with Crippen molar-refractivity contribution < 1.29 is 9.59 Å². The molecule has 0 spiro atoms. The predicted octanol–water partition coefficient (Wildman–Crippen LogP) is 3.10. The van der Waals surface area contributed by atoms with Gasteiger partial charge in [0.2, 0.25) is 0 Å². The number of hydrogen-bond donors (Lipinski definition) is 0. The fourth-order valence-electron chi connectivity index (χ4n) is 3.22. The van der Waals surface area contributed by atoms with Crippen LogP contribution in [0.5, 0.6) is 0 Å². The molecule has 0 aromatic heterocycles. The van der Waals surface area contributed by atoms with Crippen molar-refractivity contribution in [1.82, 2.24) is 0 Å². The van der Waals surface area contributed by atoms with Gasteiger partial charge in [0.25, 0.3) is 11.7 Å². The van der Waals surface area contributed by atoms with E-state index in [4.69, 9.17) is 0 Å². The monoisotopic (exact) mass is 257 g/mol. The van der Waals surface area contributed by atoms with Crippen LogP contribution in [-0.2, 0) is 4.79 Å². The van der Waals surface area contributed by atoms with Crippen LogP contribution >= 0.6 is 0 Å². The first kappa shape index (κ1) is 12.4. The number of Topliss-reactive ketones (excluding diaryl/α,β-unsaturated/α-hetero) is 1. The van der Waals surface area contributed by atoms with Crippen LogP contribution in [0.1, 0.15) is 48.0 Å². The van der Waals surface area contributed by atoms with E-state index in [9.17, 15) is 9.59 Å². The maximum absolute atomic E-state index is 12.1. The van der Waals surface area contributed by atoms with E-state index >= 15 is 0 Å². The third kappa shape index (κ3) is 2.18. The van der Waals surface area contributed by atoms with Gasteiger partial charge in [0, 0.05) is 6.54 Å². The van der Waals surface area contributed by atoms with E-state index < -0.39 is 0 Å². The third-order valence-electron chi connectivity index (χ3n) is 4.29. The summed E-state index contributed by atoms with van der Waals surface area (Å²) in [5.74, 6) is -0.126. The second-order valence-electron chi connectivity index (χ2n) is 5.77. The summed E-state index contributed by atoms with van der Waals surface area (Å²) in [5, 5.41) is 0. The van der Waals surface area contributed by atoms with E-state index in [1.807, 2.05) is 25.1 Å². The number of aryl methyl sites for hydroxylation is 1. The van der Waals surface area contributed by atoms with Crippen LogP contribution in [0.3, 0.4) is 0 Å². The van der Waals surface area contributed by atoms with Crippen LogP contribution in [0.25, 0.3) is 0 Å². The van der Waals surface area contributed by atoms with Crippen molar-refractivity contribution in [2.45, 2.75) is 39.0 Å². The van der Waals surface area contributed by atoms with Gasteiger partial charge in [-0.1, -0.05) is 30.9 Å². The number of anilines is 1. The van der Waals surface area contributed by atoms with Crippen molar-refractivity contribution in [3.8, 4) is 0 Å². The van der Waals surface area contributed by atoms with Gasteiger partial charge < -0.3 is 4.90 Å². The van der Waals surface area contributed by atoms with Gasteiger partial charge in [0.1, 0.15) is 0 Å². The Labute approximate surface area is 113 Å². The molecular weight excluding hydrogens is 238 g/mol. The minimum atomic E-state index is -0.342. The highest BCUT2D eigenvalue weighted by Gasteiger charge is 2.36. The van der Waals surface area contributed by atoms with Gasteiger partial charge in [-0.15, -0.1) is 0 Å². The van der Waals surface area contributed by atoms with Crippen molar-refractivity contribution >= 4 is 17.4 Å². The summed E-state index contributed by atoms with van der Waals surface area (Å²) in [6.45, 7) is 2.66. The lowest BCUT2D eigenvalue weighted by Crippen LogP contribution is -2.35. The summed E-state index contributed by atoms with van der Waals surface area (Å²) >= 11 is 0. The lowest BCUT2D eigenvalue weighted by molar-refractivity contribution is -0.114. The van der Waals surface area contributed by atoms with Crippen LogP contribution in [-0.4, -0.2) is 18.2 Å². The number of benzene rings is 1. The van der Waals surface area contributed by atoms with Crippen molar-refractivity contribution in [2.24, 2.45) is 5.92 Å². The zero-order valence-electron chi connectivity index (χ0n) is 11.3. The van der Waals surface area contributed by atoms with E-state index in [1.54, 1.807) is 4.90 Å². The summed E-state index contributed by atoms with van der Waals surface area (Å²) in [5.41, 5.74) is 2.42. The molecular formula is C16H19NO2. The predicted molar refractivity (Wildman–Crippen MR) is 74.4 cm³/mol. The van der Waals surface area contributed by atoms with E-state index in [1.165, 1.54) is 32.1 Å². The molecule has 3 heteroatoms. The number of carbonyl (C=O) groups is 2. The van der Waals surface area contributed by atoms with E-state index in [0.29, 0.717) is 18.0 Å². The molecule has 1 heterocycles. The first-order valence-electron chi connectivity index (χ1n) is 7.13. The Morgan fingerprint density at radius 2 is 1.89 bits per heavy atom. The van der Waals surface area contributed by atoms with E-state index in [2.05, 4.69) is 0 Å². The van der Waals surface area contributed by atoms with Gasteiger partial charge in [0.15, 0.2) is 0 Å². The second-order valence-corrected chi connectivity index (χ2v) is 5.77. The van der Waals surface area contributed by atoms with Crippen molar-refractivity contribution in [3.05, 3.63) is 29.3 Å². The Kier molecular flexibility index (Phi) is 3.13. The molecule has 1 amide bonds. The van der Waals surface area contributed by atoms with Gasteiger partial charge in [-0.2, -0.15) is 0 Å². The molecule has 2 aliphatic rings. The number of fused-ring (bicyclic) bond motifs is 1. The number of carbonyl (C=O) groups excluding carboxylic acids is 2. The minimum Gasteiger partial charge on any atom is -0.304 e. The molecule has 3 rings (SSSR count). The lowest BCUT2D eigenvalue weighted by Gasteiger charge is -2.26. The lowest BCUT2D eigenvalue weighted by atomic mass is 9.89. The summed E-state index contributed by atoms with van der Waals surface area (Å²) < 4.78 is 0. The smallest absolute Gasteiger partial charge is 0.299 e. The highest BCUT2D eigenvalue weighted by Crippen LogP contribution is 2.33. The second kappa shape index (κ2) is 4.80. The van der Waals surface area contributed by atoms with Gasteiger partial charge >= 0.3 is 0 Å². The summed E-state index contributed by atoms with van der Waals surface area (Å²) in [4.78, 5) is 25.8. The maximum Gasteiger partial charge on any atom is 0.299 e. The molecule has 0 N–H and O–H groups in total. The zero-order valence-corrected chi connectivity index (χ0v) is 11.3. The molecule has 100 valence electrons. The normalized spacial score (nSPS) is 19.9. The summed E-state index contributed by atoms with van der Waals surface area (Å²) in [7, 11) is 0. The van der Waals surface area contributed by atoms with Gasteiger partial charge in [0.05, 0.1) is 11.3 Å². The first-order valence-corrected chi connectivity index (χ1v) is 7.13. The average Bonchev–Trinajstić information content (AvgIpc) is 2.65. The molecule has 19 heavy (non-hydrogen) atoms. The Bertz CT molecular complexity index is 530. The molecule has 0 unspecified atom stereocenters. The standard InChI is InChI=1S/C16H19NO2/c1-11-7-8-14-13(9-11)15(18)16(19)17(14)10-12-5-3-2-4-6-12/h7-9,12H,2-6,10H2,1H3. The molecule has 0 atom stereocenters.